The van der Waals surface area contributed by atoms with E-state index in [4.69, 9.17) is 9.84 Å². The van der Waals surface area contributed by atoms with Crippen molar-refractivity contribution in [3.63, 3.8) is 0 Å². The number of nitrogens with zero attached hydrogens (tertiary/aromatic N) is 1. The van der Waals surface area contributed by atoms with Gasteiger partial charge in [0.2, 0.25) is 0 Å². The molecule has 0 spiro atoms. The van der Waals surface area contributed by atoms with Crippen LogP contribution in [0.4, 0.5) is 0 Å². The maximum absolute atomic E-state index is 11.2. The first-order valence-corrected chi connectivity index (χ1v) is 4.81. The summed E-state index contributed by atoms with van der Waals surface area (Å²) in [6, 6.07) is 0. The molecule has 1 aliphatic rings. The Hall–Kier alpha value is -0.650. The number of carbonyl (C=O) groups excluding carboxylic acids is 1. The van der Waals surface area contributed by atoms with E-state index in [0.717, 1.165) is 26.3 Å². The molecule has 1 aliphatic heterocycles. The van der Waals surface area contributed by atoms with Crippen LogP contribution in [0.25, 0.3) is 0 Å². The van der Waals surface area contributed by atoms with Gasteiger partial charge < -0.3 is 14.6 Å². The van der Waals surface area contributed by atoms with Crippen LogP contribution in [0.5, 0.6) is 0 Å². The molecule has 0 aromatic heterocycles. The molecule has 14 heavy (non-hydrogen) atoms. The van der Waals surface area contributed by atoms with Crippen LogP contribution in [0.1, 0.15) is 6.92 Å². The molecule has 1 atom stereocenters. The van der Waals surface area contributed by atoms with Crippen molar-refractivity contribution in [2.24, 2.45) is 5.92 Å². The highest BCUT2D eigenvalue weighted by Crippen LogP contribution is 2.04. The quantitative estimate of drug-likeness (QED) is 0.490. The first-order valence-electron chi connectivity index (χ1n) is 4.81. The summed E-state index contributed by atoms with van der Waals surface area (Å²) in [5.41, 5.74) is 0. The molecule has 1 rings (SSSR count). The number of aliphatic hydroxyl groups excluding tert-OH is 1. The lowest BCUT2D eigenvalue weighted by Crippen LogP contribution is -2.40. The number of aliphatic hydroxyl groups is 1. The molecule has 0 saturated carbocycles. The second-order valence-electron chi connectivity index (χ2n) is 3.41. The Morgan fingerprint density at radius 3 is 2.79 bits per heavy atom. The van der Waals surface area contributed by atoms with Crippen LogP contribution >= 0.6 is 0 Å². The van der Waals surface area contributed by atoms with Crippen LogP contribution < -0.4 is 0 Å². The average molecular weight is 203 g/mol. The maximum atomic E-state index is 11.2. The van der Waals surface area contributed by atoms with E-state index in [2.05, 4.69) is 9.64 Å². The second-order valence-corrected chi connectivity index (χ2v) is 3.41. The van der Waals surface area contributed by atoms with Crippen LogP contribution in [0.15, 0.2) is 0 Å². The molecule has 0 amide bonds. The molecule has 1 fully saturated rings. The highest BCUT2D eigenvalue weighted by Gasteiger charge is 2.19. The molecule has 0 aromatic rings. The van der Waals surface area contributed by atoms with Gasteiger partial charge in [-0.15, -0.1) is 0 Å². The minimum atomic E-state index is -0.535. The predicted octanol–water partition coefficient (Wildman–Crippen LogP) is -0.552. The van der Waals surface area contributed by atoms with E-state index >= 15 is 0 Å². The van der Waals surface area contributed by atoms with Gasteiger partial charge >= 0.3 is 5.97 Å². The second kappa shape index (κ2) is 5.95. The van der Waals surface area contributed by atoms with Gasteiger partial charge in [-0.25, -0.2) is 0 Å². The van der Waals surface area contributed by atoms with E-state index in [0.29, 0.717) is 6.54 Å². The molecule has 5 heteroatoms. The number of rotatable bonds is 4. The molecule has 0 bridgehead atoms. The van der Waals surface area contributed by atoms with Gasteiger partial charge in [0.1, 0.15) is 0 Å². The Bertz CT molecular complexity index is 180. The van der Waals surface area contributed by atoms with E-state index in [1.165, 1.54) is 0 Å². The van der Waals surface area contributed by atoms with Crippen molar-refractivity contribution < 1.29 is 19.4 Å². The summed E-state index contributed by atoms with van der Waals surface area (Å²) in [6.07, 6.45) is 0. The molecule has 0 aromatic carbocycles. The Balaban J connectivity index is 2.24. The topological polar surface area (TPSA) is 59.0 Å². The number of carbonyl (C=O) groups is 1. The van der Waals surface area contributed by atoms with Crippen molar-refractivity contribution in [3.8, 4) is 0 Å². The van der Waals surface area contributed by atoms with E-state index in [1.54, 1.807) is 6.92 Å². The largest absolute Gasteiger partial charge is 0.438 e. The smallest absolute Gasteiger partial charge is 0.312 e. The van der Waals surface area contributed by atoms with Gasteiger partial charge in [-0.3, -0.25) is 9.69 Å². The number of ether oxygens (including phenoxy) is 2. The maximum Gasteiger partial charge on any atom is 0.312 e. The van der Waals surface area contributed by atoms with Crippen LogP contribution in [-0.2, 0) is 14.3 Å². The molecule has 1 heterocycles. The summed E-state index contributed by atoms with van der Waals surface area (Å²) >= 11 is 0. The third kappa shape index (κ3) is 3.61. The fourth-order valence-electron chi connectivity index (χ4n) is 1.45. The van der Waals surface area contributed by atoms with Gasteiger partial charge in [0.25, 0.3) is 0 Å². The lowest BCUT2D eigenvalue weighted by molar-refractivity contribution is -0.157. The highest BCUT2D eigenvalue weighted by atomic mass is 16.6. The van der Waals surface area contributed by atoms with Crippen LogP contribution in [0.3, 0.4) is 0 Å². The molecule has 1 N–H and O–H groups in total. The molecule has 82 valence electrons. The predicted molar refractivity (Wildman–Crippen MR) is 49.6 cm³/mol. The number of morpholine rings is 1. The van der Waals surface area contributed by atoms with Crippen molar-refractivity contribution >= 4 is 5.97 Å². The van der Waals surface area contributed by atoms with Crippen molar-refractivity contribution in [2.45, 2.75) is 6.92 Å². The van der Waals surface area contributed by atoms with Gasteiger partial charge in [-0.05, 0) is 0 Å². The standard InChI is InChI=1S/C9H17NO4/c1-8(9(12)14-7-11)6-10-2-4-13-5-3-10/h8,11H,2-7H2,1H3. The summed E-state index contributed by atoms with van der Waals surface area (Å²) in [5.74, 6) is -0.542. The molecule has 5 nitrogen and oxygen atoms in total. The third-order valence-corrected chi connectivity index (χ3v) is 2.24. The summed E-state index contributed by atoms with van der Waals surface area (Å²) in [6.45, 7) is 5.10. The summed E-state index contributed by atoms with van der Waals surface area (Å²) in [4.78, 5) is 13.3. The third-order valence-electron chi connectivity index (χ3n) is 2.24. The zero-order chi connectivity index (χ0) is 10.4. The SMILES string of the molecule is CC(CN1CCOCC1)C(=O)OCO. The van der Waals surface area contributed by atoms with Crippen molar-refractivity contribution in [3.05, 3.63) is 0 Å². The van der Waals surface area contributed by atoms with Gasteiger partial charge in [-0.1, -0.05) is 6.92 Å². The van der Waals surface area contributed by atoms with Gasteiger partial charge in [0.05, 0.1) is 19.1 Å². The number of hydrogen-bond donors (Lipinski definition) is 1. The Kier molecular flexibility index (Phi) is 4.86. The van der Waals surface area contributed by atoms with Crippen molar-refractivity contribution in [2.75, 3.05) is 39.6 Å². The Morgan fingerprint density at radius 1 is 1.57 bits per heavy atom. The molecular weight excluding hydrogens is 186 g/mol. The lowest BCUT2D eigenvalue weighted by atomic mass is 10.1. The fourth-order valence-corrected chi connectivity index (χ4v) is 1.45. The molecule has 0 radical (unpaired) electrons. The van der Waals surface area contributed by atoms with E-state index in [-0.39, 0.29) is 11.9 Å². The van der Waals surface area contributed by atoms with E-state index in [1.807, 2.05) is 0 Å². The average Bonchev–Trinajstić information content (AvgIpc) is 2.19. The minimum Gasteiger partial charge on any atom is -0.438 e. The molecule has 1 saturated heterocycles. The van der Waals surface area contributed by atoms with Crippen LogP contribution in [0.2, 0.25) is 0 Å². The zero-order valence-electron chi connectivity index (χ0n) is 8.44. The lowest BCUT2D eigenvalue weighted by Gasteiger charge is -2.28. The molecular formula is C9H17NO4. The number of esters is 1. The molecule has 1 unspecified atom stereocenters. The van der Waals surface area contributed by atoms with Crippen molar-refractivity contribution in [1.29, 1.82) is 0 Å². The summed E-state index contributed by atoms with van der Waals surface area (Å²) in [5, 5.41) is 8.41. The zero-order valence-corrected chi connectivity index (χ0v) is 8.44. The summed E-state index contributed by atoms with van der Waals surface area (Å²) < 4.78 is 9.70. The first-order chi connectivity index (χ1) is 6.74. The van der Waals surface area contributed by atoms with E-state index < -0.39 is 6.79 Å². The minimum absolute atomic E-state index is 0.194. The summed E-state index contributed by atoms with van der Waals surface area (Å²) in [7, 11) is 0. The van der Waals surface area contributed by atoms with Crippen molar-refractivity contribution in [1.82, 2.24) is 4.90 Å². The number of hydrogen-bond acceptors (Lipinski definition) is 5. The van der Waals surface area contributed by atoms with Gasteiger partial charge in [0, 0.05) is 19.6 Å². The highest BCUT2D eigenvalue weighted by molar-refractivity contribution is 5.72. The Morgan fingerprint density at radius 2 is 2.21 bits per heavy atom. The normalized spacial score (nSPS) is 20.4. The monoisotopic (exact) mass is 203 g/mol. The Labute approximate surface area is 83.6 Å². The fraction of sp³-hybridized carbons (Fsp3) is 0.889. The van der Waals surface area contributed by atoms with Crippen LogP contribution in [-0.4, -0.2) is 55.6 Å². The molecule has 0 aliphatic carbocycles. The van der Waals surface area contributed by atoms with Gasteiger partial charge in [-0.2, -0.15) is 0 Å². The van der Waals surface area contributed by atoms with E-state index in [9.17, 15) is 4.79 Å². The van der Waals surface area contributed by atoms with Crippen LogP contribution in [0, 0.1) is 5.92 Å². The first kappa shape index (κ1) is 11.4. The van der Waals surface area contributed by atoms with Gasteiger partial charge in [0.15, 0.2) is 6.79 Å².